The molecule has 1 aromatic rings. The van der Waals surface area contributed by atoms with Crippen LogP contribution in [0, 0.1) is 0 Å². The number of carboxylic acid groups (broad SMARTS) is 2. The van der Waals surface area contributed by atoms with Gasteiger partial charge < -0.3 is 19.7 Å². The Kier molecular flexibility index (Phi) is 6.68. The Balaban J connectivity index is 3.01. The summed E-state index contributed by atoms with van der Waals surface area (Å²) in [6.45, 7) is 1.26. The van der Waals surface area contributed by atoms with E-state index in [9.17, 15) is 9.59 Å². The van der Waals surface area contributed by atoms with Gasteiger partial charge in [-0.05, 0) is 19.1 Å². The molecule has 0 atom stereocenters. The van der Waals surface area contributed by atoms with Crippen LogP contribution in [0.2, 0.25) is 0 Å². The molecule has 0 saturated heterocycles. The van der Waals surface area contributed by atoms with Crippen LogP contribution in [0.25, 0.3) is 0 Å². The molecule has 0 spiro atoms. The highest BCUT2D eigenvalue weighted by molar-refractivity contribution is 5.85. The lowest BCUT2D eigenvalue weighted by molar-refractivity contribution is -0.141. The summed E-state index contributed by atoms with van der Waals surface area (Å²) in [5.41, 5.74) is 0.550. The van der Waals surface area contributed by atoms with Crippen molar-refractivity contribution in [2.24, 2.45) is 5.10 Å². The van der Waals surface area contributed by atoms with E-state index < -0.39 is 25.0 Å². The highest BCUT2D eigenvalue weighted by Crippen LogP contribution is 2.29. The second kappa shape index (κ2) is 8.50. The second-order valence-corrected chi connectivity index (χ2v) is 4.17. The third-order valence-electron chi connectivity index (χ3n) is 2.51. The van der Waals surface area contributed by atoms with Crippen molar-refractivity contribution in [2.45, 2.75) is 6.92 Å². The monoisotopic (exact) mass is 310 g/mol. The SMILES string of the molecule is CCOc1cccc(/C=N\N(CC(=O)O)CC(=O)O)c1OC. The molecule has 0 aliphatic carbocycles. The molecule has 1 aromatic carbocycles. The molecular formula is C14H18N2O6. The number of aliphatic carboxylic acids is 2. The zero-order chi connectivity index (χ0) is 16.5. The Morgan fingerprint density at radius 1 is 1.27 bits per heavy atom. The van der Waals surface area contributed by atoms with Crippen molar-refractivity contribution in [1.29, 1.82) is 0 Å². The van der Waals surface area contributed by atoms with E-state index in [4.69, 9.17) is 19.7 Å². The lowest BCUT2D eigenvalue weighted by Crippen LogP contribution is -2.30. The number of hydrogen-bond acceptors (Lipinski definition) is 6. The van der Waals surface area contributed by atoms with E-state index in [0.717, 1.165) is 5.01 Å². The molecule has 8 heteroatoms. The first-order chi connectivity index (χ1) is 10.5. The topological polar surface area (TPSA) is 109 Å². The van der Waals surface area contributed by atoms with E-state index in [0.29, 0.717) is 23.7 Å². The predicted octanol–water partition coefficient (Wildman–Crippen LogP) is 0.899. The summed E-state index contributed by atoms with van der Waals surface area (Å²) in [4.78, 5) is 21.4. The van der Waals surface area contributed by atoms with Crippen LogP contribution in [-0.4, -0.2) is 60.2 Å². The van der Waals surface area contributed by atoms with Crippen molar-refractivity contribution in [2.75, 3.05) is 26.8 Å². The highest BCUT2D eigenvalue weighted by atomic mass is 16.5. The van der Waals surface area contributed by atoms with Crippen molar-refractivity contribution in [3.05, 3.63) is 23.8 Å². The van der Waals surface area contributed by atoms with Gasteiger partial charge in [0, 0.05) is 5.56 Å². The molecule has 0 bridgehead atoms. The molecule has 0 fully saturated rings. The van der Waals surface area contributed by atoms with E-state index in [2.05, 4.69) is 5.10 Å². The summed E-state index contributed by atoms with van der Waals surface area (Å²) in [6, 6.07) is 5.16. The van der Waals surface area contributed by atoms with Crippen LogP contribution in [0.5, 0.6) is 11.5 Å². The van der Waals surface area contributed by atoms with Gasteiger partial charge in [-0.25, -0.2) is 0 Å². The molecule has 0 saturated carbocycles. The van der Waals surface area contributed by atoms with Gasteiger partial charge in [-0.3, -0.25) is 14.6 Å². The molecular weight excluding hydrogens is 292 g/mol. The lowest BCUT2D eigenvalue weighted by Gasteiger charge is -2.15. The maximum atomic E-state index is 10.7. The van der Waals surface area contributed by atoms with Crippen molar-refractivity contribution in [3.63, 3.8) is 0 Å². The van der Waals surface area contributed by atoms with Gasteiger partial charge in [0.25, 0.3) is 0 Å². The number of rotatable bonds is 9. The molecule has 0 heterocycles. The molecule has 2 N–H and O–H groups in total. The van der Waals surface area contributed by atoms with Crippen LogP contribution in [0.15, 0.2) is 23.3 Å². The standard InChI is InChI=1S/C14H18N2O6/c1-3-22-11-6-4-5-10(14(11)21-2)7-15-16(8-12(17)18)9-13(19)20/h4-7H,3,8-9H2,1-2H3,(H,17,18)(H,19,20)/b15-7-. The highest BCUT2D eigenvalue weighted by Gasteiger charge is 2.12. The summed E-state index contributed by atoms with van der Waals surface area (Å²) >= 11 is 0. The van der Waals surface area contributed by atoms with Gasteiger partial charge in [-0.2, -0.15) is 5.10 Å². The van der Waals surface area contributed by atoms with E-state index in [1.54, 1.807) is 18.2 Å². The summed E-state index contributed by atoms with van der Waals surface area (Å²) in [5.74, 6) is -1.38. The average molecular weight is 310 g/mol. The second-order valence-electron chi connectivity index (χ2n) is 4.17. The van der Waals surface area contributed by atoms with Gasteiger partial charge in [0.1, 0.15) is 13.1 Å². The van der Waals surface area contributed by atoms with Crippen molar-refractivity contribution in [3.8, 4) is 11.5 Å². The van der Waals surface area contributed by atoms with Crippen molar-refractivity contribution in [1.82, 2.24) is 5.01 Å². The fourth-order valence-electron chi connectivity index (χ4n) is 1.72. The molecule has 0 aliphatic rings. The lowest BCUT2D eigenvalue weighted by atomic mass is 10.2. The molecule has 0 radical (unpaired) electrons. The largest absolute Gasteiger partial charge is 0.492 e. The van der Waals surface area contributed by atoms with Crippen LogP contribution in [0.1, 0.15) is 12.5 Å². The number of carbonyl (C=O) groups is 2. The van der Waals surface area contributed by atoms with Crippen LogP contribution >= 0.6 is 0 Å². The molecule has 22 heavy (non-hydrogen) atoms. The Morgan fingerprint density at radius 3 is 2.41 bits per heavy atom. The third-order valence-corrected chi connectivity index (χ3v) is 2.51. The molecule has 0 amide bonds. The zero-order valence-electron chi connectivity index (χ0n) is 12.4. The Morgan fingerprint density at radius 2 is 1.91 bits per heavy atom. The molecule has 0 aliphatic heterocycles. The summed E-state index contributed by atoms with van der Waals surface area (Å²) < 4.78 is 10.7. The van der Waals surface area contributed by atoms with Crippen LogP contribution in [0.4, 0.5) is 0 Å². The number of hydrazone groups is 1. The summed E-state index contributed by atoms with van der Waals surface area (Å²) in [5, 5.41) is 22.3. The fraction of sp³-hybridized carbons (Fsp3) is 0.357. The number of ether oxygens (including phenoxy) is 2. The van der Waals surface area contributed by atoms with E-state index >= 15 is 0 Å². The van der Waals surface area contributed by atoms with E-state index in [1.165, 1.54) is 13.3 Å². The van der Waals surface area contributed by atoms with Gasteiger partial charge in [0.2, 0.25) is 0 Å². The first-order valence-corrected chi connectivity index (χ1v) is 6.50. The molecule has 120 valence electrons. The smallest absolute Gasteiger partial charge is 0.324 e. The quantitative estimate of drug-likeness (QED) is 0.515. The normalized spacial score (nSPS) is 10.5. The minimum Gasteiger partial charge on any atom is -0.492 e. The minimum atomic E-state index is -1.17. The third kappa shape index (κ3) is 5.31. The van der Waals surface area contributed by atoms with E-state index in [-0.39, 0.29) is 0 Å². The number of nitrogens with zero attached hydrogens (tertiary/aromatic N) is 2. The van der Waals surface area contributed by atoms with Crippen LogP contribution < -0.4 is 9.47 Å². The Labute approximate surface area is 127 Å². The number of benzene rings is 1. The van der Waals surface area contributed by atoms with Gasteiger partial charge in [0.15, 0.2) is 11.5 Å². The van der Waals surface area contributed by atoms with Gasteiger partial charge in [-0.15, -0.1) is 0 Å². The first-order valence-electron chi connectivity index (χ1n) is 6.50. The maximum Gasteiger partial charge on any atom is 0.324 e. The van der Waals surface area contributed by atoms with Crippen LogP contribution in [-0.2, 0) is 9.59 Å². The first kappa shape index (κ1) is 17.3. The summed E-state index contributed by atoms with van der Waals surface area (Å²) in [7, 11) is 1.47. The number of hydrogen-bond donors (Lipinski definition) is 2. The number of methoxy groups -OCH3 is 1. The van der Waals surface area contributed by atoms with Gasteiger partial charge >= 0.3 is 11.9 Å². The zero-order valence-corrected chi connectivity index (χ0v) is 12.4. The molecule has 0 aromatic heterocycles. The Hall–Kier alpha value is -2.77. The predicted molar refractivity (Wildman–Crippen MR) is 78.6 cm³/mol. The van der Waals surface area contributed by atoms with E-state index in [1.807, 2.05) is 6.92 Å². The fourth-order valence-corrected chi connectivity index (χ4v) is 1.72. The minimum absolute atomic E-state index is 0.443. The van der Waals surface area contributed by atoms with Crippen LogP contribution in [0.3, 0.4) is 0 Å². The average Bonchev–Trinajstić information content (AvgIpc) is 2.44. The number of para-hydroxylation sites is 1. The number of carboxylic acids is 2. The summed E-state index contributed by atoms with van der Waals surface area (Å²) in [6.07, 6.45) is 1.34. The van der Waals surface area contributed by atoms with Gasteiger partial charge in [0.05, 0.1) is 19.9 Å². The Bertz CT molecular complexity index is 542. The van der Waals surface area contributed by atoms with Gasteiger partial charge in [-0.1, -0.05) is 6.07 Å². The molecule has 8 nitrogen and oxygen atoms in total. The van der Waals surface area contributed by atoms with Crippen molar-refractivity contribution < 1.29 is 29.3 Å². The maximum absolute atomic E-state index is 10.7. The molecule has 1 rings (SSSR count). The molecule has 0 unspecified atom stereocenters. The van der Waals surface area contributed by atoms with Crippen molar-refractivity contribution >= 4 is 18.2 Å².